The van der Waals surface area contributed by atoms with E-state index in [0.717, 1.165) is 103 Å². The van der Waals surface area contributed by atoms with Gasteiger partial charge in [-0.2, -0.15) is 0 Å². The summed E-state index contributed by atoms with van der Waals surface area (Å²) in [4.78, 5) is 40.1. The van der Waals surface area contributed by atoms with Gasteiger partial charge in [0.2, 0.25) is 5.91 Å². The highest BCUT2D eigenvalue weighted by molar-refractivity contribution is 7.45. The van der Waals surface area contributed by atoms with Crippen LogP contribution in [0.15, 0.2) is 72.9 Å². The fourth-order valence-electron chi connectivity index (χ4n) is 9.90. The van der Waals surface area contributed by atoms with Crippen LogP contribution >= 0.6 is 7.82 Å². The Morgan fingerprint density at radius 1 is 0.444 bits per heavy atom. The monoisotopic (exact) mass is 1150 g/mol. The maximum atomic E-state index is 13.6. The Hall–Kier alpha value is -2.55. The Bertz CT molecular complexity index is 1620. The van der Waals surface area contributed by atoms with Gasteiger partial charge < -0.3 is 28.5 Å². The predicted molar refractivity (Wildman–Crippen MR) is 348 cm³/mol. The van der Waals surface area contributed by atoms with Gasteiger partial charge >= 0.3 is 5.97 Å². The number of phosphoric acid groups is 1. The molecule has 0 aromatic carbocycles. The third-order valence-corrected chi connectivity index (χ3v) is 16.1. The van der Waals surface area contributed by atoms with Gasteiger partial charge in [-0.1, -0.05) is 299 Å². The van der Waals surface area contributed by atoms with Gasteiger partial charge in [0.15, 0.2) is 0 Å². The van der Waals surface area contributed by atoms with Crippen molar-refractivity contribution in [2.24, 2.45) is 0 Å². The smallest absolute Gasteiger partial charge is 0.306 e. The largest absolute Gasteiger partial charge is 0.756 e. The molecular weight excluding hydrogens is 1020 g/mol. The number of rotatable bonds is 62. The zero-order valence-electron chi connectivity index (χ0n) is 54.0. The first-order valence-electron chi connectivity index (χ1n) is 34.2. The number of unbranched alkanes of at least 4 members (excludes halogenated alkanes) is 36. The van der Waals surface area contributed by atoms with Crippen LogP contribution in [0, 0.1) is 0 Å². The molecule has 10 heteroatoms. The lowest BCUT2D eigenvalue weighted by Gasteiger charge is -2.30. The molecular formula is C71H131N2O7P. The molecule has 0 aliphatic carbocycles. The third kappa shape index (κ3) is 61.8. The number of allylic oxidation sites excluding steroid dienone is 11. The maximum absolute atomic E-state index is 13.6. The first-order chi connectivity index (χ1) is 39.4. The van der Waals surface area contributed by atoms with Crippen molar-refractivity contribution >= 4 is 19.7 Å². The molecule has 0 aliphatic heterocycles. The number of carbonyl (C=O) groups excluding carboxylic acids is 2. The molecule has 0 aromatic rings. The molecule has 0 rings (SSSR count). The van der Waals surface area contributed by atoms with E-state index in [1.54, 1.807) is 0 Å². The number of hydrogen-bond acceptors (Lipinski definition) is 7. The summed E-state index contributed by atoms with van der Waals surface area (Å²) < 4.78 is 30.4. The number of carbonyl (C=O) groups is 2. The van der Waals surface area contributed by atoms with Gasteiger partial charge in [-0.25, -0.2) is 0 Å². The molecule has 0 saturated carbocycles. The lowest BCUT2D eigenvalue weighted by molar-refractivity contribution is -0.870. The van der Waals surface area contributed by atoms with Crippen LogP contribution in [0.1, 0.15) is 316 Å². The molecule has 1 amide bonds. The van der Waals surface area contributed by atoms with Crippen molar-refractivity contribution in [3.63, 3.8) is 0 Å². The fraction of sp³-hybridized carbons (Fsp3) is 0.803. The number of ether oxygens (including phenoxy) is 1. The van der Waals surface area contributed by atoms with Crippen LogP contribution in [-0.4, -0.2) is 69.4 Å². The number of nitrogens with zero attached hydrogens (tertiary/aromatic N) is 1. The first-order valence-corrected chi connectivity index (χ1v) is 35.7. The third-order valence-electron chi connectivity index (χ3n) is 15.2. The lowest BCUT2D eigenvalue weighted by Crippen LogP contribution is -2.47. The van der Waals surface area contributed by atoms with E-state index in [1.165, 1.54) is 173 Å². The Balaban J connectivity index is 5.20. The molecule has 0 radical (unpaired) electrons. The van der Waals surface area contributed by atoms with Crippen LogP contribution in [0.5, 0.6) is 0 Å². The van der Waals surface area contributed by atoms with Crippen molar-refractivity contribution in [3.05, 3.63) is 72.9 Å². The summed E-state index contributed by atoms with van der Waals surface area (Å²) in [5, 5.41) is 3.03. The zero-order valence-corrected chi connectivity index (χ0v) is 54.9. The summed E-state index contributed by atoms with van der Waals surface area (Å²) in [7, 11) is 1.17. The van der Waals surface area contributed by atoms with Gasteiger partial charge in [0.1, 0.15) is 19.3 Å². The summed E-state index contributed by atoms with van der Waals surface area (Å²) >= 11 is 0. The predicted octanol–water partition coefficient (Wildman–Crippen LogP) is 20.9. The lowest BCUT2D eigenvalue weighted by atomic mass is 10.0. The van der Waals surface area contributed by atoms with Crippen molar-refractivity contribution in [2.45, 2.75) is 328 Å². The van der Waals surface area contributed by atoms with Gasteiger partial charge in [-0.05, 0) is 76.7 Å². The molecule has 3 atom stereocenters. The highest BCUT2D eigenvalue weighted by Gasteiger charge is 2.27. The Kier molecular flexibility index (Phi) is 58.7. The Morgan fingerprint density at radius 2 is 0.790 bits per heavy atom. The minimum Gasteiger partial charge on any atom is -0.756 e. The van der Waals surface area contributed by atoms with Crippen LogP contribution in [0.3, 0.4) is 0 Å². The number of likely N-dealkylation sites (N-methyl/N-ethyl adjacent to an activating group) is 1. The molecule has 0 aromatic heterocycles. The second-order valence-corrected chi connectivity index (χ2v) is 25.7. The molecule has 0 aliphatic rings. The van der Waals surface area contributed by atoms with Crippen LogP contribution < -0.4 is 10.2 Å². The SMILES string of the molecule is CC/C=C\C/C=C\C/C=C\C/C=C\C/C=C\CCCCCCCC(=O)NC(COP(=O)([O-])OCC[N+](C)(C)C)C(/C=C/CCCCCCCCCCCCC)OC(=O)CCCCCCCCCCCCCCCCCCCCCCC. The molecule has 3 unspecified atom stereocenters. The average Bonchev–Trinajstić information content (AvgIpc) is 3.44. The number of nitrogens with one attached hydrogen (secondary N) is 1. The van der Waals surface area contributed by atoms with E-state index < -0.39 is 26.6 Å². The van der Waals surface area contributed by atoms with E-state index in [1.807, 2.05) is 33.3 Å². The molecule has 0 bridgehead atoms. The van der Waals surface area contributed by atoms with Crippen molar-refractivity contribution in [1.82, 2.24) is 5.32 Å². The van der Waals surface area contributed by atoms with Crippen molar-refractivity contribution in [1.29, 1.82) is 0 Å². The van der Waals surface area contributed by atoms with Crippen LogP contribution in [-0.2, 0) is 27.9 Å². The maximum Gasteiger partial charge on any atom is 0.306 e. The second-order valence-electron chi connectivity index (χ2n) is 24.3. The standard InChI is InChI=1S/C71H131N2O7P/c1-7-10-13-16-19-22-25-28-30-32-34-36-38-40-42-45-48-51-54-57-60-63-70(74)72-68(67-79-81(76,77)78-66-65-73(4,5)6)69(62-59-56-53-50-47-44-27-24-21-18-15-12-9-3)80-71(75)64-61-58-55-52-49-46-43-41-39-37-35-33-31-29-26-23-20-17-14-11-8-2/h10,13,19,22,28,30,34,36,40,42,59,62,68-69H,7-9,11-12,14-18,20-21,23-27,29,31-33,35,37-39,41,43-58,60-61,63-67H2,1-6H3,(H-,72,74,76,77)/b13-10-,22-19-,30-28-,36-34-,42-40-,62-59+. The molecule has 81 heavy (non-hydrogen) atoms. The van der Waals surface area contributed by atoms with Gasteiger partial charge in [-0.15, -0.1) is 0 Å². The molecule has 0 fully saturated rings. The van der Waals surface area contributed by atoms with Crippen LogP contribution in [0.25, 0.3) is 0 Å². The molecule has 0 spiro atoms. The molecule has 1 N–H and O–H groups in total. The minimum absolute atomic E-state index is 0.0274. The number of amides is 1. The van der Waals surface area contributed by atoms with Crippen molar-refractivity contribution < 1.29 is 37.3 Å². The van der Waals surface area contributed by atoms with Crippen molar-refractivity contribution in [2.75, 3.05) is 40.9 Å². The number of quaternary nitrogens is 1. The van der Waals surface area contributed by atoms with E-state index in [4.69, 9.17) is 13.8 Å². The summed E-state index contributed by atoms with van der Waals surface area (Å²) in [5.41, 5.74) is 0. The van der Waals surface area contributed by atoms with Crippen molar-refractivity contribution in [3.8, 4) is 0 Å². The summed E-state index contributed by atoms with van der Waals surface area (Å²) in [6.07, 6.45) is 78.7. The summed E-state index contributed by atoms with van der Waals surface area (Å²) in [5.74, 6) is -0.552. The Morgan fingerprint density at radius 3 is 1.19 bits per heavy atom. The van der Waals surface area contributed by atoms with Gasteiger partial charge in [0.05, 0.1) is 33.8 Å². The summed E-state index contributed by atoms with van der Waals surface area (Å²) in [6, 6.07) is -0.900. The zero-order chi connectivity index (χ0) is 59.3. The topological polar surface area (TPSA) is 114 Å². The minimum atomic E-state index is -4.71. The molecule has 9 nitrogen and oxygen atoms in total. The van der Waals surface area contributed by atoms with Gasteiger partial charge in [0.25, 0.3) is 7.82 Å². The number of hydrogen-bond donors (Lipinski definition) is 1. The van der Waals surface area contributed by atoms with Gasteiger partial charge in [0, 0.05) is 12.8 Å². The second kappa shape index (κ2) is 60.6. The van der Waals surface area contributed by atoms with E-state index in [0.29, 0.717) is 23.9 Å². The highest BCUT2D eigenvalue weighted by atomic mass is 31.2. The van der Waals surface area contributed by atoms with E-state index in [9.17, 15) is 19.0 Å². The number of phosphoric ester groups is 1. The van der Waals surface area contributed by atoms with E-state index >= 15 is 0 Å². The van der Waals surface area contributed by atoms with Gasteiger partial charge in [-0.3, -0.25) is 14.2 Å². The Labute approximate surface area is 502 Å². The molecule has 0 heterocycles. The quantitative estimate of drug-likeness (QED) is 0.0212. The van der Waals surface area contributed by atoms with E-state index in [2.05, 4.69) is 86.8 Å². The first kappa shape index (κ1) is 78.5. The number of esters is 1. The fourth-order valence-corrected chi connectivity index (χ4v) is 10.6. The van der Waals surface area contributed by atoms with Crippen LogP contribution in [0.4, 0.5) is 0 Å². The molecule has 472 valence electrons. The normalized spacial score (nSPS) is 14.0. The highest BCUT2D eigenvalue weighted by Crippen LogP contribution is 2.38. The van der Waals surface area contributed by atoms with E-state index in [-0.39, 0.29) is 24.9 Å². The summed E-state index contributed by atoms with van der Waals surface area (Å²) in [6.45, 7) is 6.75. The van der Waals surface area contributed by atoms with Crippen LogP contribution in [0.2, 0.25) is 0 Å². The molecule has 0 saturated heterocycles. The average molecular weight is 1160 g/mol.